The summed E-state index contributed by atoms with van der Waals surface area (Å²) in [7, 11) is 0. The van der Waals surface area contributed by atoms with Crippen molar-refractivity contribution >= 4 is 0 Å². The number of rotatable bonds is 1. The lowest BCUT2D eigenvalue weighted by molar-refractivity contribution is -0.0321. The van der Waals surface area contributed by atoms with Crippen molar-refractivity contribution in [3.63, 3.8) is 0 Å². The van der Waals surface area contributed by atoms with E-state index in [9.17, 15) is 20.4 Å². The van der Waals surface area contributed by atoms with Crippen molar-refractivity contribution in [1.29, 1.82) is 0 Å². The average Bonchev–Trinajstić information content (AvgIpc) is 2.59. The van der Waals surface area contributed by atoms with Crippen molar-refractivity contribution in [2.24, 2.45) is 0 Å². The number of aliphatic hydroxyl groups is 5. The van der Waals surface area contributed by atoms with E-state index < -0.39 is 36.5 Å². The summed E-state index contributed by atoms with van der Waals surface area (Å²) < 4.78 is 0. The Morgan fingerprint density at radius 2 is 1.47 bits per heavy atom. The molecule has 2 saturated heterocycles. The van der Waals surface area contributed by atoms with Crippen molar-refractivity contribution in [2.45, 2.75) is 49.5 Å². The minimum Gasteiger partial charge on any atom is -0.395 e. The maximum atomic E-state index is 9.70. The molecular formula is C9H17NO5. The fraction of sp³-hybridized carbons (Fsp3) is 1.00. The molecule has 2 heterocycles. The molecule has 2 fully saturated rings. The van der Waals surface area contributed by atoms with Crippen LogP contribution in [-0.4, -0.2) is 79.6 Å². The first-order valence-corrected chi connectivity index (χ1v) is 5.11. The highest BCUT2D eigenvalue weighted by atomic mass is 16.4. The third-order valence-corrected chi connectivity index (χ3v) is 3.67. The van der Waals surface area contributed by atoms with Crippen LogP contribution >= 0.6 is 0 Å². The van der Waals surface area contributed by atoms with E-state index in [1.807, 2.05) is 0 Å². The molecule has 0 aliphatic carbocycles. The molecule has 7 atom stereocenters. The SMILES string of the molecule is C[C@@H]1[C@H](O)[C@@H](O)[C@@H]2[C@@H](O)[C@H](O)[C@@H](CO)N21. The largest absolute Gasteiger partial charge is 0.395 e. The van der Waals surface area contributed by atoms with Crippen molar-refractivity contribution in [1.82, 2.24) is 4.90 Å². The Labute approximate surface area is 87.4 Å². The molecule has 0 aromatic heterocycles. The molecule has 0 spiro atoms. The first-order chi connectivity index (χ1) is 7.00. The van der Waals surface area contributed by atoms with Crippen LogP contribution in [0.3, 0.4) is 0 Å². The van der Waals surface area contributed by atoms with Gasteiger partial charge in [0.05, 0.1) is 43.1 Å². The van der Waals surface area contributed by atoms with Crippen molar-refractivity contribution in [3.8, 4) is 0 Å². The van der Waals surface area contributed by atoms with Gasteiger partial charge in [-0.3, -0.25) is 4.90 Å². The molecule has 2 aliphatic rings. The molecule has 5 N–H and O–H groups in total. The molecule has 2 aliphatic heterocycles. The highest BCUT2D eigenvalue weighted by molar-refractivity contribution is 5.12. The molecule has 15 heavy (non-hydrogen) atoms. The zero-order valence-electron chi connectivity index (χ0n) is 8.43. The van der Waals surface area contributed by atoms with Gasteiger partial charge in [0.2, 0.25) is 0 Å². The summed E-state index contributed by atoms with van der Waals surface area (Å²) in [4.78, 5) is 1.60. The summed E-state index contributed by atoms with van der Waals surface area (Å²) in [6.45, 7) is 1.39. The quantitative estimate of drug-likeness (QED) is 0.319. The average molecular weight is 219 g/mol. The lowest BCUT2D eigenvalue weighted by atomic mass is 10.00. The third-order valence-electron chi connectivity index (χ3n) is 3.67. The van der Waals surface area contributed by atoms with Gasteiger partial charge in [0, 0.05) is 6.04 Å². The number of fused-ring (bicyclic) bond motifs is 1. The van der Waals surface area contributed by atoms with Crippen LogP contribution in [-0.2, 0) is 0 Å². The second kappa shape index (κ2) is 3.65. The van der Waals surface area contributed by atoms with Gasteiger partial charge < -0.3 is 25.5 Å². The summed E-state index contributed by atoms with van der Waals surface area (Å²) in [6.07, 6.45) is -4.24. The summed E-state index contributed by atoms with van der Waals surface area (Å²) in [6, 6.07) is -1.69. The van der Waals surface area contributed by atoms with Gasteiger partial charge in [-0.15, -0.1) is 0 Å². The van der Waals surface area contributed by atoms with E-state index in [0.29, 0.717) is 0 Å². The van der Waals surface area contributed by atoms with E-state index >= 15 is 0 Å². The first kappa shape index (κ1) is 11.3. The van der Waals surface area contributed by atoms with Gasteiger partial charge in [-0.1, -0.05) is 0 Å². The van der Waals surface area contributed by atoms with Gasteiger partial charge in [-0.25, -0.2) is 0 Å². The molecule has 0 aromatic rings. The molecule has 0 aromatic carbocycles. The minimum absolute atomic E-state index is 0.307. The molecule has 2 rings (SSSR count). The van der Waals surface area contributed by atoms with Crippen LogP contribution in [0, 0.1) is 0 Å². The van der Waals surface area contributed by atoms with Crippen LogP contribution in [0.2, 0.25) is 0 Å². The summed E-state index contributed by atoms with van der Waals surface area (Å²) in [5, 5.41) is 47.8. The Kier molecular flexibility index (Phi) is 2.74. The number of nitrogens with zero attached hydrogens (tertiary/aromatic N) is 1. The normalized spacial score (nSPS) is 56.0. The Hall–Kier alpha value is -0.240. The molecule has 6 heteroatoms. The van der Waals surface area contributed by atoms with Crippen LogP contribution in [0.25, 0.3) is 0 Å². The highest BCUT2D eigenvalue weighted by Crippen LogP contribution is 2.37. The summed E-state index contributed by atoms with van der Waals surface area (Å²) >= 11 is 0. The second-order valence-corrected chi connectivity index (χ2v) is 4.39. The lowest BCUT2D eigenvalue weighted by Gasteiger charge is -2.27. The maximum Gasteiger partial charge on any atom is 0.0996 e. The number of hydrogen-bond acceptors (Lipinski definition) is 6. The monoisotopic (exact) mass is 219 g/mol. The van der Waals surface area contributed by atoms with Crippen LogP contribution < -0.4 is 0 Å². The van der Waals surface area contributed by atoms with Gasteiger partial charge in [-0.05, 0) is 6.92 Å². The van der Waals surface area contributed by atoms with Crippen molar-refractivity contribution < 1.29 is 25.5 Å². The molecule has 0 saturated carbocycles. The van der Waals surface area contributed by atoms with Gasteiger partial charge >= 0.3 is 0 Å². The van der Waals surface area contributed by atoms with Crippen LogP contribution in [0.1, 0.15) is 6.92 Å². The number of hydrogen-bond donors (Lipinski definition) is 5. The topological polar surface area (TPSA) is 104 Å². The predicted molar refractivity (Wildman–Crippen MR) is 50.0 cm³/mol. The van der Waals surface area contributed by atoms with Gasteiger partial charge in [-0.2, -0.15) is 0 Å². The Balaban J connectivity index is 2.29. The van der Waals surface area contributed by atoms with Crippen LogP contribution in [0.15, 0.2) is 0 Å². The van der Waals surface area contributed by atoms with E-state index in [-0.39, 0.29) is 12.6 Å². The molecule has 88 valence electrons. The van der Waals surface area contributed by atoms with E-state index in [4.69, 9.17) is 5.11 Å². The Bertz CT molecular complexity index is 251. The summed E-state index contributed by atoms with van der Waals surface area (Å²) in [5.41, 5.74) is 0. The fourth-order valence-corrected chi connectivity index (χ4v) is 2.82. The van der Waals surface area contributed by atoms with E-state index in [2.05, 4.69) is 0 Å². The molecule has 0 radical (unpaired) electrons. The lowest BCUT2D eigenvalue weighted by Crippen LogP contribution is -2.45. The Morgan fingerprint density at radius 1 is 0.933 bits per heavy atom. The highest BCUT2D eigenvalue weighted by Gasteiger charge is 2.59. The van der Waals surface area contributed by atoms with E-state index in [0.717, 1.165) is 0 Å². The second-order valence-electron chi connectivity index (χ2n) is 4.39. The molecule has 0 amide bonds. The van der Waals surface area contributed by atoms with Crippen molar-refractivity contribution in [3.05, 3.63) is 0 Å². The van der Waals surface area contributed by atoms with Crippen LogP contribution in [0.5, 0.6) is 0 Å². The fourth-order valence-electron chi connectivity index (χ4n) is 2.82. The first-order valence-electron chi connectivity index (χ1n) is 5.11. The molecule has 6 nitrogen and oxygen atoms in total. The van der Waals surface area contributed by atoms with Gasteiger partial charge in [0.1, 0.15) is 0 Å². The zero-order valence-corrected chi connectivity index (χ0v) is 8.43. The standard InChI is InChI=1S/C9H17NO5/c1-3-6(12)8(14)5-9(15)7(13)4(2-11)10(3)5/h3-9,11-15H,2H2,1H3/t3-,4-,5-,6+,7-,8+,9-/m1/s1. The molecular weight excluding hydrogens is 202 g/mol. The Morgan fingerprint density at radius 3 is 2.00 bits per heavy atom. The zero-order chi connectivity index (χ0) is 11.3. The summed E-state index contributed by atoms with van der Waals surface area (Å²) in [5.74, 6) is 0. The molecule has 0 unspecified atom stereocenters. The smallest absolute Gasteiger partial charge is 0.0996 e. The van der Waals surface area contributed by atoms with E-state index in [1.165, 1.54) is 0 Å². The van der Waals surface area contributed by atoms with Gasteiger partial charge in [0.25, 0.3) is 0 Å². The minimum atomic E-state index is -1.13. The van der Waals surface area contributed by atoms with Crippen molar-refractivity contribution in [2.75, 3.05) is 6.61 Å². The molecule has 0 bridgehead atoms. The predicted octanol–water partition coefficient (Wildman–Crippen LogP) is -3.12. The maximum absolute atomic E-state index is 9.70. The van der Waals surface area contributed by atoms with Crippen LogP contribution in [0.4, 0.5) is 0 Å². The number of aliphatic hydroxyl groups excluding tert-OH is 5. The van der Waals surface area contributed by atoms with Gasteiger partial charge in [0.15, 0.2) is 0 Å². The van der Waals surface area contributed by atoms with E-state index in [1.54, 1.807) is 11.8 Å². The third kappa shape index (κ3) is 1.33.